The van der Waals surface area contributed by atoms with Gasteiger partial charge in [0.05, 0.1) is 19.3 Å². The summed E-state index contributed by atoms with van der Waals surface area (Å²) in [5.41, 5.74) is 0. The van der Waals surface area contributed by atoms with Crippen molar-refractivity contribution in [2.45, 2.75) is 19.4 Å². The molecule has 1 aliphatic rings. The van der Waals surface area contributed by atoms with Crippen LogP contribution < -0.4 is 0 Å². The Hall–Kier alpha value is -1.08. The topological polar surface area (TPSA) is 53.3 Å². The summed E-state index contributed by atoms with van der Waals surface area (Å²) in [7, 11) is 1.68. The molecule has 0 aromatic carbocycles. The van der Waals surface area contributed by atoms with Gasteiger partial charge in [-0.3, -0.25) is 4.79 Å². The molecule has 0 aliphatic carbocycles. The molecule has 1 fully saturated rings. The zero-order valence-electron chi connectivity index (χ0n) is 7.99. The van der Waals surface area contributed by atoms with Gasteiger partial charge < -0.3 is 9.64 Å². The first-order valence-corrected chi connectivity index (χ1v) is 4.43. The highest BCUT2D eigenvalue weighted by Crippen LogP contribution is 2.18. The molecule has 1 saturated heterocycles. The molecule has 13 heavy (non-hydrogen) atoms. The van der Waals surface area contributed by atoms with Gasteiger partial charge in [-0.05, 0) is 0 Å². The second-order valence-electron chi connectivity index (χ2n) is 3.23. The van der Waals surface area contributed by atoms with Crippen molar-refractivity contribution in [3.63, 3.8) is 0 Å². The summed E-state index contributed by atoms with van der Waals surface area (Å²) in [6, 6.07) is 1.83. The van der Waals surface area contributed by atoms with Crippen LogP contribution in [-0.2, 0) is 9.53 Å². The maximum atomic E-state index is 11.3. The minimum atomic E-state index is -0.318. The summed E-state index contributed by atoms with van der Waals surface area (Å²) in [5, 5.41) is 8.88. The number of nitrogens with zero attached hydrogens (tertiary/aromatic N) is 2. The summed E-state index contributed by atoms with van der Waals surface area (Å²) in [4.78, 5) is 12.8. The van der Waals surface area contributed by atoms with Gasteiger partial charge in [0.1, 0.15) is 6.04 Å². The third kappa shape index (κ3) is 1.99. The molecule has 4 heteroatoms. The molecule has 72 valence electrons. The fourth-order valence-electron chi connectivity index (χ4n) is 1.35. The predicted molar refractivity (Wildman–Crippen MR) is 46.8 cm³/mol. The second-order valence-corrected chi connectivity index (χ2v) is 3.23. The molecule has 0 unspecified atom stereocenters. The molecule has 1 amide bonds. The Morgan fingerprint density at radius 2 is 2.38 bits per heavy atom. The largest absolute Gasteiger partial charge is 0.380 e. The number of nitriles is 1. The molecule has 1 aliphatic heterocycles. The summed E-state index contributed by atoms with van der Waals surface area (Å²) in [5.74, 6) is 0.212. The van der Waals surface area contributed by atoms with Crippen LogP contribution in [0.15, 0.2) is 0 Å². The Balaban J connectivity index is 2.55. The van der Waals surface area contributed by atoms with Crippen molar-refractivity contribution in [2.24, 2.45) is 5.92 Å². The maximum absolute atomic E-state index is 11.3. The molecule has 1 atom stereocenters. The Morgan fingerprint density at radius 3 is 2.69 bits per heavy atom. The van der Waals surface area contributed by atoms with E-state index < -0.39 is 0 Å². The van der Waals surface area contributed by atoms with Crippen LogP contribution in [0.2, 0.25) is 0 Å². The highest BCUT2D eigenvalue weighted by molar-refractivity contribution is 5.76. The van der Waals surface area contributed by atoms with Crippen LogP contribution in [0.5, 0.6) is 0 Å². The molecule has 0 aromatic rings. The zero-order valence-corrected chi connectivity index (χ0v) is 7.99. The van der Waals surface area contributed by atoms with Crippen LogP contribution in [0, 0.1) is 17.2 Å². The van der Waals surface area contributed by atoms with Gasteiger partial charge in [-0.15, -0.1) is 0 Å². The standard InChI is InChI=1S/C9H14N2O2/c1-3-9(12)11(2)8(4-10)7-5-13-6-7/h7-8H,3,5-6H2,1-2H3/t8-/m1/s1. The van der Waals surface area contributed by atoms with Gasteiger partial charge in [-0.2, -0.15) is 5.26 Å². The van der Waals surface area contributed by atoms with Crippen LogP contribution in [0.3, 0.4) is 0 Å². The zero-order chi connectivity index (χ0) is 9.84. The van der Waals surface area contributed by atoms with Gasteiger partial charge in [-0.25, -0.2) is 0 Å². The van der Waals surface area contributed by atoms with E-state index in [2.05, 4.69) is 6.07 Å². The lowest BCUT2D eigenvalue weighted by atomic mass is 9.98. The first kappa shape index (κ1) is 10.0. The van der Waals surface area contributed by atoms with E-state index in [0.717, 1.165) is 0 Å². The molecule has 1 heterocycles. The average molecular weight is 182 g/mol. The van der Waals surface area contributed by atoms with Gasteiger partial charge >= 0.3 is 0 Å². The maximum Gasteiger partial charge on any atom is 0.223 e. The summed E-state index contributed by atoms with van der Waals surface area (Å²) in [6.07, 6.45) is 0.447. The van der Waals surface area contributed by atoms with Gasteiger partial charge in [0.25, 0.3) is 0 Å². The molecule has 0 spiro atoms. The smallest absolute Gasteiger partial charge is 0.223 e. The molecule has 4 nitrogen and oxygen atoms in total. The van der Waals surface area contributed by atoms with E-state index in [1.54, 1.807) is 14.0 Å². The van der Waals surface area contributed by atoms with Crippen molar-refractivity contribution in [2.75, 3.05) is 20.3 Å². The van der Waals surface area contributed by atoms with Gasteiger partial charge in [0.2, 0.25) is 5.91 Å². The number of ether oxygens (including phenoxy) is 1. The first-order chi connectivity index (χ1) is 6.20. The van der Waals surface area contributed by atoms with E-state index >= 15 is 0 Å². The van der Waals surface area contributed by atoms with Crippen LogP contribution >= 0.6 is 0 Å². The van der Waals surface area contributed by atoms with Gasteiger partial charge in [0, 0.05) is 19.4 Å². The number of hydrogen-bond acceptors (Lipinski definition) is 3. The van der Waals surface area contributed by atoms with Crippen LogP contribution in [0.1, 0.15) is 13.3 Å². The highest BCUT2D eigenvalue weighted by atomic mass is 16.5. The molecular formula is C9H14N2O2. The van der Waals surface area contributed by atoms with Gasteiger partial charge in [0.15, 0.2) is 0 Å². The van der Waals surface area contributed by atoms with Crippen molar-refractivity contribution in [3.05, 3.63) is 0 Å². The quantitative estimate of drug-likeness (QED) is 0.634. The molecule has 0 bridgehead atoms. The second kappa shape index (κ2) is 4.24. The number of hydrogen-bond donors (Lipinski definition) is 0. The third-order valence-corrected chi connectivity index (χ3v) is 2.36. The molecule has 0 saturated carbocycles. The van der Waals surface area contributed by atoms with E-state index in [1.165, 1.54) is 4.90 Å². The lowest BCUT2D eigenvalue weighted by Crippen LogP contribution is -2.48. The molecule has 0 radical (unpaired) electrons. The number of amides is 1. The SMILES string of the molecule is CCC(=O)N(C)[C@H](C#N)C1COC1. The Bertz CT molecular complexity index is 230. The van der Waals surface area contributed by atoms with Crippen molar-refractivity contribution < 1.29 is 9.53 Å². The lowest BCUT2D eigenvalue weighted by molar-refractivity contribution is -0.135. The van der Waals surface area contributed by atoms with Crippen molar-refractivity contribution in [1.82, 2.24) is 4.90 Å². The average Bonchev–Trinajstić information content (AvgIpc) is 2.08. The summed E-state index contributed by atoms with van der Waals surface area (Å²) < 4.78 is 4.99. The monoisotopic (exact) mass is 182 g/mol. The van der Waals surface area contributed by atoms with E-state index in [1.807, 2.05) is 0 Å². The van der Waals surface area contributed by atoms with Crippen molar-refractivity contribution in [3.8, 4) is 6.07 Å². The highest BCUT2D eigenvalue weighted by Gasteiger charge is 2.32. The van der Waals surface area contributed by atoms with Crippen molar-refractivity contribution in [1.29, 1.82) is 5.26 Å². The number of carbonyl (C=O) groups excluding carboxylic acids is 1. The fourth-order valence-corrected chi connectivity index (χ4v) is 1.35. The Morgan fingerprint density at radius 1 is 1.77 bits per heavy atom. The minimum Gasteiger partial charge on any atom is -0.380 e. The van der Waals surface area contributed by atoms with Crippen LogP contribution in [-0.4, -0.2) is 37.1 Å². The minimum absolute atomic E-state index is 0.0125. The van der Waals surface area contributed by atoms with E-state index in [9.17, 15) is 4.79 Å². The van der Waals surface area contributed by atoms with E-state index in [4.69, 9.17) is 10.00 Å². The van der Waals surface area contributed by atoms with Crippen LogP contribution in [0.4, 0.5) is 0 Å². The van der Waals surface area contributed by atoms with Crippen LogP contribution in [0.25, 0.3) is 0 Å². The van der Waals surface area contributed by atoms with Gasteiger partial charge in [-0.1, -0.05) is 6.92 Å². The summed E-state index contributed by atoms with van der Waals surface area (Å²) in [6.45, 7) is 2.99. The predicted octanol–water partition coefficient (Wildman–Crippen LogP) is 0.393. The normalized spacial score (nSPS) is 18.5. The lowest BCUT2D eigenvalue weighted by Gasteiger charge is -2.34. The Labute approximate surface area is 78.1 Å². The molecule has 0 aromatic heterocycles. The fraction of sp³-hybridized carbons (Fsp3) is 0.778. The molecular weight excluding hydrogens is 168 g/mol. The van der Waals surface area contributed by atoms with Crippen molar-refractivity contribution >= 4 is 5.91 Å². The Kier molecular flexibility index (Phi) is 3.26. The first-order valence-electron chi connectivity index (χ1n) is 4.43. The van der Waals surface area contributed by atoms with E-state index in [-0.39, 0.29) is 17.9 Å². The third-order valence-electron chi connectivity index (χ3n) is 2.36. The molecule has 0 N–H and O–H groups in total. The van der Waals surface area contributed by atoms with E-state index in [0.29, 0.717) is 19.6 Å². The molecule has 1 rings (SSSR count). The summed E-state index contributed by atoms with van der Waals surface area (Å²) >= 11 is 0. The number of rotatable bonds is 3. The number of carbonyl (C=O) groups is 1.